The van der Waals surface area contributed by atoms with Crippen molar-refractivity contribution in [3.05, 3.63) is 10.6 Å². The second-order valence-electron chi connectivity index (χ2n) is 4.31. The number of methoxy groups -OCH3 is 2. The topological polar surface area (TPSA) is 77.5 Å². The number of thiazole rings is 1. The molecule has 1 N–H and O–H groups in total. The molecule has 0 bridgehead atoms. The van der Waals surface area contributed by atoms with Crippen LogP contribution in [-0.4, -0.2) is 37.2 Å². The minimum atomic E-state index is -0.499. The third-order valence-electron chi connectivity index (χ3n) is 2.57. The first-order chi connectivity index (χ1) is 8.90. The molecule has 1 atom stereocenters. The van der Waals surface area contributed by atoms with Gasteiger partial charge in [-0.25, -0.2) is 14.6 Å². The summed E-state index contributed by atoms with van der Waals surface area (Å²) in [5.74, 6) is -0.747. The van der Waals surface area contributed by atoms with Gasteiger partial charge in [-0.05, 0) is 12.8 Å². The summed E-state index contributed by atoms with van der Waals surface area (Å²) >= 11 is 1.16. The standard InChI is InChI=1S/C12H18N2O4S/c1-6(2)8(10(15)17-4)14-12-13-7(3)9(19-12)11(16)18-5/h6,8H,1-5H3,(H,13,14). The van der Waals surface area contributed by atoms with Gasteiger partial charge in [-0.2, -0.15) is 0 Å². The highest BCUT2D eigenvalue weighted by Gasteiger charge is 2.25. The van der Waals surface area contributed by atoms with Gasteiger partial charge in [-0.15, -0.1) is 0 Å². The highest BCUT2D eigenvalue weighted by atomic mass is 32.1. The summed E-state index contributed by atoms with van der Waals surface area (Å²) in [5.41, 5.74) is 0.576. The van der Waals surface area contributed by atoms with E-state index in [2.05, 4.69) is 15.0 Å². The Hall–Kier alpha value is -1.63. The number of anilines is 1. The Balaban J connectivity index is 2.92. The maximum absolute atomic E-state index is 11.6. The van der Waals surface area contributed by atoms with E-state index in [1.165, 1.54) is 14.2 Å². The van der Waals surface area contributed by atoms with Crippen molar-refractivity contribution in [2.24, 2.45) is 5.92 Å². The first kappa shape index (κ1) is 15.4. The molecule has 1 rings (SSSR count). The molecule has 0 amide bonds. The summed E-state index contributed by atoms with van der Waals surface area (Å²) in [6.45, 7) is 5.52. The van der Waals surface area contributed by atoms with Crippen LogP contribution in [0.5, 0.6) is 0 Å². The van der Waals surface area contributed by atoms with Crippen LogP contribution >= 0.6 is 11.3 Å². The quantitative estimate of drug-likeness (QED) is 0.832. The number of rotatable bonds is 5. The average Bonchev–Trinajstić information content (AvgIpc) is 2.74. The van der Waals surface area contributed by atoms with Crippen LogP contribution in [0.2, 0.25) is 0 Å². The number of hydrogen-bond acceptors (Lipinski definition) is 7. The number of carbonyl (C=O) groups excluding carboxylic acids is 2. The normalized spacial score (nSPS) is 12.1. The molecular weight excluding hydrogens is 268 g/mol. The van der Waals surface area contributed by atoms with Crippen LogP contribution in [0.15, 0.2) is 0 Å². The zero-order valence-electron chi connectivity index (χ0n) is 11.6. The van der Waals surface area contributed by atoms with Gasteiger partial charge in [0, 0.05) is 0 Å². The monoisotopic (exact) mass is 286 g/mol. The maximum Gasteiger partial charge on any atom is 0.350 e. The first-order valence-electron chi connectivity index (χ1n) is 5.80. The molecular formula is C12H18N2O4S. The van der Waals surface area contributed by atoms with Crippen LogP contribution in [0.1, 0.15) is 29.2 Å². The first-order valence-corrected chi connectivity index (χ1v) is 6.62. The molecule has 1 unspecified atom stereocenters. The van der Waals surface area contributed by atoms with Gasteiger partial charge >= 0.3 is 11.9 Å². The molecule has 1 aromatic heterocycles. The number of nitrogens with zero attached hydrogens (tertiary/aromatic N) is 1. The van der Waals surface area contributed by atoms with Crippen LogP contribution in [0.3, 0.4) is 0 Å². The SMILES string of the molecule is COC(=O)c1sc(NC(C(=O)OC)C(C)C)nc1C. The van der Waals surface area contributed by atoms with Gasteiger partial charge in [0.2, 0.25) is 0 Å². The second-order valence-corrected chi connectivity index (χ2v) is 5.31. The summed E-state index contributed by atoms with van der Waals surface area (Å²) in [7, 11) is 2.66. The zero-order chi connectivity index (χ0) is 14.6. The Morgan fingerprint density at radius 1 is 1.26 bits per heavy atom. The van der Waals surface area contributed by atoms with Crippen LogP contribution in [0.4, 0.5) is 5.13 Å². The van der Waals surface area contributed by atoms with E-state index in [0.717, 1.165) is 11.3 Å². The molecule has 0 spiro atoms. The molecule has 0 saturated heterocycles. The van der Waals surface area contributed by atoms with Crippen molar-refractivity contribution in [3.8, 4) is 0 Å². The summed E-state index contributed by atoms with van der Waals surface area (Å²) in [5, 5.41) is 3.50. The highest BCUT2D eigenvalue weighted by molar-refractivity contribution is 7.17. The van der Waals surface area contributed by atoms with E-state index in [1.54, 1.807) is 6.92 Å². The molecule has 106 valence electrons. The summed E-state index contributed by atoms with van der Waals surface area (Å²) < 4.78 is 9.40. The molecule has 0 aliphatic carbocycles. The zero-order valence-corrected chi connectivity index (χ0v) is 12.5. The van der Waals surface area contributed by atoms with E-state index in [4.69, 9.17) is 4.74 Å². The van der Waals surface area contributed by atoms with Crippen LogP contribution in [-0.2, 0) is 14.3 Å². The predicted octanol–water partition coefficient (Wildman–Crippen LogP) is 1.85. The van der Waals surface area contributed by atoms with E-state index in [9.17, 15) is 9.59 Å². The molecule has 0 aliphatic rings. The summed E-state index contributed by atoms with van der Waals surface area (Å²) in [4.78, 5) is 27.8. The minimum Gasteiger partial charge on any atom is -0.467 e. The third-order valence-corrected chi connectivity index (χ3v) is 3.64. The molecule has 0 aliphatic heterocycles. The molecule has 19 heavy (non-hydrogen) atoms. The lowest BCUT2D eigenvalue weighted by Crippen LogP contribution is -2.35. The van der Waals surface area contributed by atoms with Gasteiger partial charge in [-0.1, -0.05) is 25.2 Å². The van der Waals surface area contributed by atoms with Gasteiger partial charge in [0.25, 0.3) is 0 Å². The predicted molar refractivity (Wildman–Crippen MR) is 72.5 cm³/mol. The number of aryl methyl sites for hydroxylation is 1. The molecule has 0 aromatic carbocycles. The fourth-order valence-electron chi connectivity index (χ4n) is 1.50. The molecule has 1 aromatic rings. The number of nitrogens with one attached hydrogen (secondary N) is 1. The molecule has 0 saturated carbocycles. The number of ether oxygens (including phenoxy) is 2. The van der Waals surface area contributed by atoms with E-state index in [0.29, 0.717) is 15.7 Å². The van der Waals surface area contributed by atoms with E-state index >= 15 is 0 Å². The van der Waals surface area contributed by atoms with Gasteiger partial charge in [-0.3, -0.25) is 0 Å². The average molecular weight is 286 g/mol. The second kappa shape index (κ2) is 6.51. The lowest BCUT2D eigenvalue weighted by Gasteiger charge is -2.18. The maximum atomic E-state index is 11.6. The van der Waals surface area contributed by atoms with Crippen molar-refractivity contribution in [1.29, 1.82) is 0 Å². The van der Waals surface area contributed by atoms with Gasteiger partial charge in [0.15, 0.2) is 5.13 Å². The van der Waals surface area contributed by atoms with Crippen molar-refractivity contribution >= 4 is 28.4 Å². The Kier molecular flexibility index (Phi) is 5.29. The summed E-state index contributed by atoms with van der Waals surface area (Å²) in [6, 6.07) is -0.499. The van der Waals surface area contributed by atoms with E-state index < -0.39 is 12.0 Å². The van der Waals surface area contributed by atoms with Crippen molar-refractivity contribution in [2.75, 3.05) is 19.5 Å². The van der Waals surface area contributed by atoms with Crippen molar-refractivity contribution < 1.29 is 19.1 Å². The van der Waals surface area contributed by atoms with E-state index in [1.807, 2.05) is 13.8 Å². The van der Waals surface area contributed by atoms with Gasteiger partial charge < -0.3 is 14.8 Å². The number of esters is 2. The number of carbonyl (C=O) groups is 2. The van der Waals surface area contributed by atoms with Crippen molar-refractivity contribution in [3.63, 3.8) is 0 Å². The Morgan fingerprint density at radius 3 is 2.37 bits per heavy atom. The fraction of sp³-hybridized carbons (Fsp3) is 0.583. The van der Waals surface area contributed by atoms with Crippen LogP contribution in [0, 0.1) is 12.8 Å². The number of hydrogen-bond donors (Lipinski definition) is 1. The van der Waals surface area contributed by atoms with Crippen LogP contribution in [0.25, 0.3) is 0 Å². The molecule has 0 fully saturated rings. The molecule has 6 nitrogen and oxygen atoms in total. The highest BCUT2D eigenvalue weighted by Crippen LogP contribution is 2.25. The molecule has 7 heteroatoms. The van der Waals surface area contributed by atoms with E-state index in [-0.39, 0.29) is 11.9 Å². The summed E-state index contributed by atoms with van der Waals surface area (Å²) in [6.07, 6.45) is 0. The van der Waals surface area contributed by atoms with Gasteiger partial charge in [0.1, 0.15) is 10.9 Å². The van der Waals surface area contributed by atoms with Crippen molar-refractivity contribution in [1.82, 2.24) is 4.98 Å². The fourth-order valence-corrected chi connectivity index (χ4v) is 2.42. The number of aromatic nitrogens is 1. The Morgan fingerprint density at radius 2 is 1.89 bits per heavy atom. The smallest absolute Gasteiger partial charge is 0.350 e. The van der Waals surface area contributed by atoms with Gasteiger partial charge in [0.05, 0.1) is 19.9 Å². The molecule has 0 radical (unpaired) electrons. The van der Waals surface area contributed by atoms with Crippen molar-refractivity contribution in [2.45, 2.75) is 26.8 Å². The van der Waals surface area contributed by atoms with Crippen LogP contribution < -0.4 is 5.32 Å². The third kappa shape index (κ3) is 3.66. The Labute approximate surface area is 116 Å². The minimum absolute atomic E-state index is 0.0400. The molecule has 1 heterocycles. The lowest BCUT2D eigenvalue weighted by atomic mass is 10.1. The lowest BCUT2D eigenvalue weighted by molar-refractivity contribution is -0.142. The Bertz CT molecular complexity index is 470. The largest absolute Gasteiger partial charge is 0.467 e.